The molecule has 0 heterocycles. The normalized spacial score (nSPS) is 13.9. The average molecular weight is 423 g/mol. The van der Waals surface area contributed by atoms with Crippen LogP contribution in [0, 0.1) is 0 Å². The zero-order chi connectivity index (χ0) is 21.3. The van der Waals surface area contributed by atoms with Crippen molar-refractivity contribution in [2.75, 3.05) is 19.4 Å². The molecule has 0 bridgehead atoms. The van der Waals surface area contributed by atoms with E-state index in [1.54, 1.807) is 0 Å². The Morgan fingerprint density at radius 3 is 2.45 bits per heavy atom. The highest BCUT2D eigenvalue weighted by Gasteiger charge is 2.13. The maximum absolute atomic E-state index is 12.0. The molecule has 3 amide bonds. The molecule has 1 aliphatic rings. The third-order valence-electron chi connectivity index (χ3n) is 4.32. The fourth-order valence-corrected chi connectivity index (χ4v) is 3.73. The second-order valence-electron chi connectivity index (χ2n) is 7.01. The number of imide groups is 1. The molecule has 0 fully saturated rings. The van der Waals surface area contributed by atoms with Crippen molar-refractivity contribution in [3.8, 4) is 0 Å². The molecular weight excluding hydrogens is 396 g/mol. The van der Waals surface area contributed by atoms with E-state index in [4.69, 9.17) is 4.74 Å². The first-order valence-corrected chi connectivity index (χ1v) is 11.5. The summed E-state index contributed by atoms with van der Waals surface area (Å²) in [5, 5.41) is 4.71. The third kappa shape index (κ3) is 8.91. The van der Waals surface area contributed by atoms with Crippen LogP contribution in [0.2, 0.25) is 0 Å². The Hall–Kier alpha value is -2.68. The molecule has 158 valence electrons. The van der Waals surface area contributed by atoms with E-state index in [1.807, 2.05) is 0 Å². The van der Waals surface area contributed by atoms with Gasteiger partial charge in [-0.2, -0.15) is 0 Å². The lowest BCUT2D eigenvalue weighted by atomic mass is 9.97. The van der Waals surface area contributed by atoms with Crippen molar-refractivity contribution in [1.82, 2.24) is 10.6 Å². The van der Waals surface area contributed by atoms with Gasteiger partial charge in [-0.25, -0.2) is 18.0 Å². The monoisotopic (exact) mass is 422 g/mol. The highest BCUT2D eigenvalue weighted by Crippen LogP contribution is 2.19. The summed E-state index contributed by atoms with van der Waals surface area (Å²) in [4.78, 5) is 35.4. The van der Waals surface area contributed by atoms with Gasteiger partial charge in [-0.3, -0.25) is 10.1 Å². The topological polar surface area (TPSA) is 119 Å². The number of hydrogen-bond acceptors (Lipinski definition) is 6. The molecule has 0 saturated heterocycles. The van der Waals surface area contributed by atoms with Crippen molar-refractivity contribution < 1.29 is 27.5 Å². The van der Waals surface area contributed by atoms with Gasteiger partial charge in [0.25, 0.3) is 5.91 Å². The second kappa shape index (κ2) is 10.8. The summed E-state index contributed by atoms with van der Waals surface area (Å²) in [6.45, 7) is -0.160. The standard InChI is InChI=1S/C20H26N2O6S/c1-29(26,27)14-16-7-9-17(10-8-16)19(24)28-13-18(23)22-20(25)21-12-11-15-5-3-2-4-6-15/h5,7-10H,2-4,6,11-14H2,1H3,(H2,21,22,23,25). The molecule has 2 rings (SSSR count). The number of nitrogens with one attached hydrogen (secondary N) is 2. The van der Waals surface area contributed by atoms with Gasteiger partial charge in [0, 0.05) is 12.8 Å². The number of carbonyl (C=O) groups excluding carboxylic acids is 3. The number of hydrogen-bond donors (Lipinski definition) is 2. The number of esters is 1. The molecule has 0 spiro atoms. The molecule has 0 unspecified atom stereocenters. The Kier molecular flexibility index (Phi) is 8.38. The van der Waals surface area contributed by atoms with Crippen molar-refractivity contribution in [2.45, 2.75) is 37.9 Å². The minimum Gasteiger partial charge on any atom is -0.452 e. The summed E-state index contributed by atoms with van der Waals surface area (Å²) in [6, 6.07) is 5.23. The Bertz CT molecular complexity index is 875. The van der Waals surface area contributed by atoms with E-state index in [0.717, 1.165) is 25.5 Å². The van der Waals surface area contributed by atoms with E-state index in [1.165, 1.54) is 42.7 Å². The highest BCUT2D eigenvalue weighted by molar-refractivity contribution is 7.89. The fraction of sp³-hybridized carbons (Fsp3) is 0.450. The number of amides is 3. The lowest BCUT2D eigenvalue weighted by molar-refractivity contribution is -0.123. The molecule has 1 aromatic rings. The summed E-state index contributed by atoms with van der Waals surface area (Å²) in [5.41, 5.74) is 2.04. The fourth-order valence-electron chi connectivity index (χ4n) is 2.93. The van der Waals surface area contributed by atoms with Crippen molar-refractivity contribution in [3.63, 3.8) is 0 Å². The minimum atomic E-state index is -3.17. The van der Waals surface area contributed by atoms with Gasteiger partial charge < -0.3 is 10.1 Å². The number of ether oxygens (including phenoxy) is 1. The van der Waals surface area contributed by atoms with Gasteiger partial charge in [-0.15, -0.1) is 0 Å². The summed E-state index contributed by atoms with van der Waals surface area (Å²) >= 11 is 0. The summed E-state index contributed by atoms with van der Waals surface area (Å²) < 4.78 is 27.4. The molecule has 1 aromatic carbocycles. The van der Waals surface area contributed by atoms with Crippen LogP contribution in [-0.2, 0) is 25.1 Å². The Morgan fingerprint density at radius 2 is 1.83 bits per heavy atom. The molecule has 29 heavy (non-hydrogen) atoms. The lowest BCUT2D eigenvalue weighted by Gasteiger charge is -2.13. The van der Waals surface area contributed by atoms with E-state index in [-0.39, 0.29) is 11.3 Å². The lowest BCUT2D eigenvalue weighted by Crippen LogP contribution is -2.41. The summed E-state index contributed by atoms with van der Waals surface area (Å²) in [5.74, 6) is -1.60. The summed E-state index contributed by atoms with van der Waals surface area (Å²) in [6.07, 6.45) is 8.57. The van der Waals surface area contributed by atoms with Gasteiger partial charge >= 0.3 is 12.0 Å². The molecule has 0 aromatic heterocycles. The molecule has 1 aliphatic carbocycles. The highest BCUT2D eigenvalue weighted by atomic mass is 32.2. The Balaban J connectivity index is 1.69. The Morgan fingerprint density at radius 1 is 1.10 bits per heavy atom. The van der Waals surface area contributed by atoms with E-state index < -0.39 is 34.4 Å². The zero-order valence-electron chi connectivity index (χ0n) is 16.4. The molecule has 2 N–H and O–H groups in total. The smallest absolute Gasteiger partial charge is 0.338 e. The SMILES string of the molecule is CS(=O)(=O)Cc1ccc(C(=O)OCC(=O)NC(=O)NCCC2=CCCCC2)cc1. The molecular formula is C20H26N2O6S. The van der Waals surface area contributed by atoms with Crippen LogP contribution in [0.5, 0.6) is 0 Å². The van der Waals surface area contributed by atoms with Gasteiger partial charge in [0.2, 0.25) is 0 Å². The maximum atomic E-state index is 12.0. The van der Waals surface area contributed by atoms with Crippen molar-refractivity contribution >= 4 is 27.7 Å². The van der Waals surface area contributed by atoms with Crippen molar-refractivity contribution in [3.05, 3.63) is 47.0 Å². The zero-order valence-corrected chi connectivity index (χ0v) is 17.2. The maximum Gasteiger partial charge on any atom is 0.338 e. The van der Waals surface area contributed by atoms with Gasteiger partial charge in [0.05, 0.1) is 11.3 Å². The average Bonchev–Trinajstić information content (AvgIpc) is 2.66. The van der Waals surface area contributed by atoms with E-state index in [0.29, 0.717) is 12.1 Å². The minimum absolute atomic E-state index is 0.128. The molecule has 0 aliphatic heterocycles. The summed E-state index contributed by atoms with van der Waals surface area (Å²) in [7, 11) is -3.17. The van der Waals surface area contributed by atoms with Crippen LogP contribution in [-0.4, -0.2) is 45.7 Å². The number of rotatable bonds is 8. The van der Waals surface area contributed by atoms with E-state index >= 15 is 0 Å². The van der Waals surface area contributed by atoms with E-state index in [2.05, 4.69) is 16.7 Å². The van der Waals surface area contributed by atoms with Crippen molar-refractivity contribution in [2.24, 2.45) is 0 Å². The van der Waals surface area contributed by atoms with Crippen LogP contribution >= 0.6 is 0 Å². The predicted octanol–water partition coefficient (Wildman–Crippen LogP) is 2.10. The van der Waals surface area contributed by atoms with Crippen LogP contribution in [0.15, 0.2) is 35.9 Å². The number of sulfone groups is 1. The van der Waals surface area contributed by atoms with Crippen LogP contribution in [0.25, 0.3) is 0 Å². The quantitative estimate of drug-likeness (QED) is 0.489. The van der Waals surface area contributed by atoms with Crippen LogP contribution in [0.4, 0.5) is 4.79 Å². The van der Waals surface area contributed by atoms with Gasteiger partial charge in [0.15, 0.2) is 16.4 Å². The van der Waals surface area contributed by atoms with Gasteiger partial charge in [-0.1, -0.05) is 23.8 Å². The van der Waals surface area contributed by atoms with Gasteiger partial charge in [-0.05, 0) is 49.8 Å². The molecule has 0 atom stereocenters. The first-order valence-electron chi connectivity index (χ1n) is 9.42. The van der Waals surface area contributed by atoms with Crippen molar-refractivity contribution in [1.29, 1.82) is 0 Å². The number of urea groups is 1. The first-order chi connectivity index (χ1) is 13.7. The third-order valence-corrected chi connectivity index (χ3v) is 5.18. The second-order valence-corrected chi connectivity index (χ2v) is 9.15. The first kappa shape index (κ1) is 22.6. The van der Waals surface area contributed by atoms with Gasteiger partial charge in [0.1, 0.15) is 0 Å². The molecule has 8 nitrogen and oxygen atoms in total. The van der Waals surface area contributed by atoms with Crippen LogP contribution < -0.4 is 10.6 Å². The predicted molar refractivity (Wildman–Crippen MR) is 108 cm³/mol. The number of allylic oxidation sites excluding steroid dienone is 1. The number of benzene rings is 1. The molecule has 9 heteroatoms. The molecule has 0 radical (unpaired) electrons. The largest absolute Gasteiger partial charge is 0.452 e. The Labute approximate surface area is 170 Å². The van der Waals surface area contributed by atoms with Crippen LogP contribution in [0.1, 0.15) is 48.0 Å². The molecule has 0 saturated carbocycles. The number of carbonyl (C=O) groups is 3. The van der Waals surface area contributed by atoms with Crippen LogP contribution in [0.3, 0.4) is 0 Å². The van der Waals surface area contributed by atoms with E-state index in [9.17, 15) is 22.8 Å².